The molecule has 3 rings (SSSR count). The minimum Gasteiger partial charge on any atom is -0.390 e. The van der Waals surface area contributed by atoms with Gasteiger partial charge in [0.15, 0.2) is 0 Å². The zero-order chi connectivity index (χ0) is 11.7. The van der Waals surface area contributed by atoms with Gasteiger partial charge in [0.05, 0.1) is 18.5 Å². The van der Waals surface area contributed by atoms with Gasteiger partial charge in [0.2, 0.25) is 0 Å². The molecule has 1 aromatic heterocycles. The van der Waals surface area contributed by atoms with E-state index in [0.717, 1.165) is 26.2 Å². The molecule has 2 N–H and O–H groups in total. The van der Waals surface area contributed by atoms with Gasteiger partial charge < -0.3 is 15.0 Å². The van der Waals surface area contributed by atoms with Crippen LogP contribution >= 0.6 is 0 Å². The Labute approximate surface area is 101 Å². The summed E-state index contributed by atoms with van der Waals surface area (Å²) < 4.78 is 2.03. The summed E-state index contributed by atoms with van der Waals surface area (Å²) in [4.78, 5) is 6.50. The van der Waals surface area contributed by atoms with Crippen molar-refractivity contribution in [3.05, 3.63) is 18.7 Å². The monoisotopic (exact) mass is 236 g/mol. The van der Waals surface area contributed by atoms with Crippen molar-refractivity contribution in [2.45, 2.75) is 31.0 Å². The van der Waals surface area contributed by atoms with Gasteiger partial charge in [-0.2, -0.15) is 0 Å². The molecule has 0 spiro atoms. The molecule has 2 fully saturated rings. The van der Waals surface area contributed by atoms with E-state index in [4.69, 9.17) is 0 Å². The fraction of sp³-hybridized carbons (Fsp3) is 0.750. The van der Waals surface area contributed by atoms with E-state index in [1.165, 1.54) is 12.8 Å². The Morgan fingerprint density at radius 3 is 2.76 bits per heavy atom. The fourth-order valence-corrected chi connectivity index (χ4v) is 3.03. The summed E-state index contributed by atoms with van der Waals surface area (Å²) in [6, 6.07) is 0.812. The minimum atomic E-state index is -0.265. The molecule has 2 aliphatic heterocycles. The molecule has 17 heavy (non-hydrogen) atoms. The van der Waals surface area contributed by atoms with Crippen molar-refractivity contribution in [3.63, 3.8) is 0 Å². The Morgan fingerprint density at radius 2 is 2.06 bits per heavy atom. The second kappa shape index (κ2) is 4.76. The highest BCUT2D eigenvalue weighted by molar-refractivity contribution is 4.94. The molecule has 94 valence electrons. The van der Waals surface area contributed by atoms with Crippen LogP contribution in [-0.4, -0.2) is 57.9 Å². The molecule has 0 aromatic carbocycles. The highest BCUT2D eigenvalue weighted by Gasteiger charge is 2.36. The summed E-state index contributed by atoms with van der Waals surface area (Å²) in [5.41, 5.74) is 0. The van der Waals surface area contributed by atoms with Gasteiger partial charge in [0.1, 0.15) is 0 Å². The largest absolute Gasteiger partial charge is 0.390 e. The van der Waals surface area contributed by atoms with Crippen molar-refractivity contribution >= 4 is 0 Å². The lowest BCUT2D eigenvalue weighted by Crippen LogP contribution is -2.42. The van der Waals surface area contributed by atoms with Crippen LogP contribution in [0.15, 0.2) is 18.7 Å². The van der Waals surface area contributed by atoms with Crippen molar-refractivity contribution in [3.8, 4) is 0 Å². The Kier molecular flexibility index (Phi) is 3.13. The van der Waals surface area contributed by atoms with Crippen molar-refractivity contribution in [1.82, 2.24) is 19.8 Å². The Balaban J connectivity index is 1.66. The SMILES string of the molecule is O[C@H]1CN(C2CCNCC2)C[C@H]1n1ccnc1. The minimum absolute atomic E-state index is 0.174. The van der Waals surface area contributed by atoms with Gasteiger partial charge in [-0.3, -0.25) is 4.90 Å². The van der Waals surface area contributed by atoms with Crippen LogP contribution in [0, 0.1) is 0 Å². The zero-order valence-corrected chi connectivity index (χ0v) is 10.00. The van der Waals surface area contributed by atoms with E-state index in [0.29, 0.717) is 6.04 Å². The average Bonchev–Trinajstić information content (AvgIpc) is 2.99. The Bertz CT molecular complexity index is 347. The highest BCUT2D eigenvalue weighted by atomic mass is 16.3. The van der Waals surface area contributed by atoms with Crippen LogP contribution < -0.4 is 5.32 Å². The van der Waals surface area contributed by atoms with Crippen molar-refractivity contribution in [2.24, 2.45) is 0 Å². The molecule has 0 aliphatic carbocycles. The number of imidazole rings is 1. The third-order valence-electron chi connectivity index (χ3n) is 4.02. The summed E-state index contributed by atoms with van der Waals surface area (Å²) in [5, 5.41) is 13.5. The quantitative estimate of drug-likeness (QED) is 0.750. The van der Waals surface area contributed by atoms with Crippen LogP contribution in [0.2, 0.25) is 0 Å². The number of aliphatic hydroxyl groups is 1. The van der Waals surface area contributed by atoms with Crippen molar-refractivity contribution < 1.29 is 5.11 Å². The predicted molar refractivity (Wildman–Crippen MR) is 64.7 cm³/mol. The maximum atomic E-state index is 10.2. The van der Waals surface area contributed by atoms with E-state index >= 15 is 0 Å². The molecule has 5 nitrogen and oxygen atoms in total. The Hall–Kier alpha value is -0.910. The number of β-amino-alcohol motifs (C(OH)–C–C–N with tert-alkyl or cyclic N) is 1. The molecular weight excluding hydrogens is 216 g/mol. The second-order valence-corrected chi connectivity index (χ2v) is 5.08. The smallest absolute Gasteiger partial charge is 0.0949 e. The highest BCUT2D eigenvalue weighted by Crippen LogP contribution is 2.26. The maximum absolute atomic E-state index is 10.2. The second-order valence-electron chi connectivity index (χ2n) is 5.08. The van der Waals surface area contributed by atoms with E-state index in [1.54, 1.807) is 12.5 Å². The van der Waals surface area contributed by atoms with Crippen molar-refractivity contribution in [1.29, 1.82) is 0 Å². The lowest BCUT2D eigenvalue weighted by atomic mass is 10.1. The van der Waals surface area contributed by atoms with Crippen LogP contribution in [-0.2, 0) is 0 Å². The molecule has 0 unspecified atom stereocenters. The third kappa shape index (κ3) is 2.22. The Morgan fingerprint density at radius 1 is 1.24 bits per heavy atom. The first-order valence-corrected chi connectivity index (χ1v) is 6.45. The number of rotatable bonds is 2. The first-order valence-electron chi connectivity index (χ1n) is 6.45. The van der Waals surface area contributed by atoms with Crippen LogP contribution in [0.4, 0.5) is 0 Å². The molecule has 0 amide bonds. The topological polar surface area (TPSA) is 53.3 Å². The summed E-state index contributed by atoms with van der Waals surface area (Å²) in [5.74, 6) is 0. The van der Waals surface area contributed by atoms with E-state index in [-0.39, 0.29) is 12.1 Å². The van der Waals surface area contributed by atoms with Crippen LogP contribution in [0.5, 0.6) is 0 Å². The van der Waals surface area contributed by atoms with E-state index in [2.05, 4.69) is 15.2 Å². The summed E-state index contributed by atoms with van der Waals surface area (Å²) in [6.07, 6.45) is 7.66. The average molecular weight is 236 g/mol. The van der Waals surface area contributed by atoms with Crippen molar-refractivity contribution in [2.75, 3.05) is 26.2 Å². The predicted octanol–water partition coefficient (Wildman–Crippen LogP) is -0.147. The van der Waals surface area contributed by atoms with Gasteiger partial charge in [-0.05, 0) is 25.9 Å². The lowest BCUT2D eigenvalue weighted by Gasteiger charge is -2.31. The summed E-state index contributed by atoms with van der Waals surface area (Å²) >= 11 is 0. The number of hydrogen-bond donors (Lipinski definition) is 2. The number of hydrogen-bond acceptors (Lipinski definition) is 4. The van der Waals surface area contributed by atoms with Gasteiger partial charge >= 0.3 is 0 Å². The molecule has 2 aliphatic rings. The van der Waals surface area contributed by atoms with Crippen LogP contribution in [0.1, 0.15) is 18.9 Å². The fourth-order valence-electron chi connectivity index (χ4n) is 3.03. The number of likely N-dealkylation sites (tertiary alicyclic amines) is 1. The van der Waals surface area contributed by atoms with Crippen LogP contribution in [0.3, 0.4) is 0 Å². The molecule has 0 bridgehead atoms. The maximum Gasteiger partial charge on any atom is 0.0949 e. The van der Waals surface area contributed by atoms with E-state index in [1.807, 2.05) is 10.8 Å². The van der Waals surface area contributed by atoms with Gasteiger partial charge in [-0.25, -0.2) is 4.98 Å². The number of nitrogens with zero attached hydrogens (tertiary/aromatic N) is 3. The number of aromatic nitrogens is 2. The molecule has 5 heteroatoms. The van der Waals surface area contributed by atoms with Gasteiger partial charge in [-0.15, -0.1) is 0 Å². The van der Waals surface area contributed by atoms with Crippen LogP contribution in [0.25, 0.3) is 0 Å². The molecule has 2 saturated heterocycles. The first kappa shape index (κ1) is 11.2. The summed E-state index contributed by atoms with van der Waals surface area (Å²) in [6.45, 7) is 3.95. The lowest BCUT2D eigenvalue weighted by molar-refractivity contribution is 0.132. The number of piperidine rings is 1. The standard InChI is InChI=1S/C12H20N4O/c17-12-8-16(10-1-3-13-4-2-10)7-11(12)15-6-5-14-9-15/h5-6,9-13,17H,1-4,7-8H2/t11-,12+/m1/s1. The molecule has 0 radical (unpaired) electrons. The normalized spacial score (nSPS) is 32.1. The summed E-state index contributed by atoms with van der Waals surface area (Å²) in [7, 11) is 0. The molecule has 2 atom stereocenters. The molecule has 1 aromatic rings. The molecule has 3 heterocycles. The molecule has 0 saturated carbocycles. The first-order chi connectivity index (χ1) is 8.34. The van der Waals surface area contributed by atoms with E-state index in [9.17, 15) is 5.11 Å². The number of nitrogens with one attached hydrogen (secondary N) is 1. The third-order valence-corrected chi connectivity index (χ3v) is 4.02. The zero-order valence-electron chi connectivity index (χ0n) is 10.00. The van der Waals surface area contributed by atoms with Gasteiger partial charge in [0.25, 0.3) is 0 Å². The van der Waals surface area contributed by atoms with E-state index < -0.39 is 0 Å². The number of aliphatic hydroxyl groups excluding tert-OH is 1. The van der Waals surface area contributed by atoms with Gasteiger partial charge in [0, 0.05) is 31.5 Å². The van der Waals surface area contributed by atoms with Gasteiger partial charge in [-0.1, -0.05) is 0 Å². The molecular formula is C12H20N4O.